The zero-order valence-corrected chi connectivity index (χ0v) is 15.4. The van der Waals surface area contributed by atoms with Gasteiger partial charge in [-0.3, -0.25) is 14.9 Å². The van der Waals surface area contributed by atoms with Gasteiger partial charge in [-0.15, -0.1) is 0 Å². The molecular formula is C18H18BrN3O3. The van der Waals surface area contributed by atoms with Crippen molar-refractivity contribution in [3.05, 3.63) is 62.1 Å². The molecule has 0 bridgehead atoms. The Morgan fingerprint density at radius 1 is 1.20 bits per heavy atom. The largest absolute Gasteiger partial charge is 0.366 e. The first-order valence-corrected chi connectivity index (χ1v) is 8.86. The third-order valence-corrected chi connectivity index (χ3v) is 4.82. The molecule has 1 heterocycles. The lowest BCUT2D eigenvalue weighted by molar-refractivity contribution is -0.384. The summed E-state index contributed by atoms with van der Waals surface area (Å²) in [7, 11) is 0. The van der Waals surface area contributed by atoms with Crippen molar-refractivity contribution < 1.29 is 9.72 Å². The Morgan fingerprint density at radius 3 is 2.60 bits per heavy atom. The van der Waals surface area contributed by atoms with Gasteiger partial charge < -0.3 is 10.2 Å². The van der Waals surface area contributed by atoms with Gasteiger partial charge in [0.05, 0.1) is 4.92 Å². The molecule has 3 rings (SSSR count). The number of nitro groups is 1. The van der Waals surface area contributed by atoms with Crippen LogP contribution >= 0.6 is 15.9 Å². The molecule has 0 radical (unpaired) electrons. The minimum atomic E-state index is -0.422. The molecule has 1 fully saturated rings. The number of aryl methyl sites for hydroxylation is 1. The molecule has 0 unspecified atom stereocenters. The number of hydrogen-bond acceptors (Lipinski definition) is 4. The van der Waals surface area contributed by atoms with Crippen molar-refractivity contribution in [2.75, 3.05) is 23.3 Å². The van der Waals surface area contributed by atoms with Crippen LogP contribution in [0.25, 0.3) is 0 Å². The number of carbonyl (C=O) groups excluding carboxylic acids is 1. The predicted octanol–water partition coefficient (Wildman–Crippen LogP) is 4.52. The Morgan fingerprint density at radius 2 is 1.92 bits per heavy atom. The Bertz CT molecular complexity index is 832. The maximum Gasteiger partial charge on any atom is 0.293 e. The summed E-state index contributed by atoms with van der Waals surface area (Å²) in [4.78, 5) is 25.6. The number of amides is 1. The van der Waals surface area contributed by atoms with E-state index in [1.165, 1.54) is 6.07 Å². The standard InChI is InChI=1S/C18H18BrN3O3/c1-12-4-6-14(19)11-15(12)20-18(23)13-5-7-16(17(10-13)22(24)25)21-8-2-3-9-21/h4-7,10-11H,2-3,8-9H2,1H3,(H,20,23). The van der Waals surface area contributed by atoms with E-state index in [1.807, 2.05) is 24.0 Å². The Balaban J connectivity index is 1.89. The Labute approximate surface area is 154 Å². The number of rotatable bonds is 4. The molecule has 25 heavy (non-hydrogen) atoms. The van der Waals surface area contributed by atoms with Gasteiger partial charge in [0.15, 0.2) is 0 Å². The second-order valence-electron chi connectivity index (χ2n) is 6.07. The summed E-state index contributed by atoms with van der Waals surface area (Å²) >= 11 is 3.37. The molecule has 1 saturated heterocycles. The van der Waals surface area contributed by atoms with E-state index >= 15 is 0 Å². The average Bonchev–Trinajstić information content (AvgIpc) is 3.12. The van der Waals surface area contributed by atoms with Crippen molar-refractivity contribution in [2.45, 2.75) is 19.8 Å². The van der Waals surface area contributed by atoms with E-state index in [-0.39, 0.29) is 17.2 Å². The van der Waals surface area contributed by atoms with Crippen LogP contribution in [0.4, 0.5) is 17.1 Å². The fourth-order valence-corrected chi connectivity index (χ4v) is 3.32. The molecule has 1 aliphatic heterocycles. The van der Waals surface area contributed by atoms with E-state index in [1.54, 1.807) is 18.2 Å². The number of nitrogens with zero attached hydrogens (tertiary/aromatic N) is 2. The summed E-state index contributed by atoms with van der Waals surface area (Å²) < 4.78 is 0.851. The highest BCUT2D eigenvalue weighted by Crippen LogP contribution is 2.32. The second kappa shape index (κ2) is 7.23. The van der Waals surface area contributed by atoms with Crippen LogP contribution in [-0.4, -0.2) is 23.9 Å². The van der Waals surface area contributed by atoms with Crippen molar-refractivity contribution in [1.82, 2.24) is 0 Å². The zero-order valence-electron chi connectivity index (χ0n) is 13.8. The maximum absolute atomic E-state index is 12.5. The minimum absolute atomic E-state index is 0.0273. The van der Waals surface area contributed by atoms with Gasteiger partial charge in [0, 0.05) is 34.9 Å². The number of anilines is 2. The van der Waals surface area contributed by atoms with Crippen molar-refractivity contribution in [3.8, 4) is 0 Å². The molecule has 0 atom stereocenters. The monoisotopic (exact) mass is 403 g/mol. The third kappa shape index (κ3) is 3.82. The van der Waals surface area contributed by atoms with Crippen LogP contribution < -0.4 is 10.2 Å². The van der Waals surface area contributed by atoms with Crippen LogP contribution in [0.5, 0.6) is 0 Å². The third-order valence-electron chi connectivity index (χ3n) is 4.33. The van der Waals surface area contributed by atoms with Crippen LogP contribution in [0.3, 0.4) is 0 Å². The fraction of sp³-hybridized carbons (Fsp3) is 0.278. The van der Waals surface area contributed by atoms with E-state index in [0.717, 1.165) is 36.0 Å². The maximum atomic E-state index is 12.5. The van der Waals surface area contributed by atoms with Crippen LogP contribution in [0.1, 0.15) is 28.8 Å². The number of nitrogens with one attached hydrogen (secondary N) is 1. The van der Waals surface area contributed by atoms with Gasteiger partial charge >= 0.3 is 0 Å². The molecule has 1 N–H and O–H groups in total. The normalized spacial score (nSPS) is 13.8. The van der Waals surface area contributed by atoms with Crippen LogP contribution in [0, 0.1) is 17.0 Å². The number of carbonyl (C=O) groups is 1. The highest BCUT2D eigenvalue weighted by molar-refractivity contribution is 9.10. The van der Waals surface area contributed by atoms with Crippen molar-refractivity contribution in [1.29, 1.82) is 0 Å². The summed E-state index contributed by atoms with van der Waals surface area (Å²) in [6.07, 6.45) is 2.06. The van der Waals surface area contributed by atoms with Gasteiger partial charge in [-0.25, -0.2) is 0 Å². The van der Waals surface area contributed by atoms with Crippen molar-refractivity contribution in [3.63, 3.8) is 0 Å². The molecule has 0 saturated carbocycles. The molecule has 1 amide bonds. The van der Waals surface area contributed by atoms with Gasteiger partial charge in [-0.2, -0.15) is 0 Å². The average molecular weight is 404 g/mol. The molecule has 0 aliphatic carbocycles. The first-order valence-electron chi connectivity index (χ1n) is 8.06. The lowest BCUT2D eigenvalue weighted by atomic mass is 10.1. The summed E-state index contributed by atoms with van der Waals surface area (Å²) in [5.74, 6) is -0.364. The van der Waals surface area contributed by atoms with E-state index in [9.17, 15) is 14.9 Å². The first kappa shape index (κ1) is 17.4. The number of hydrogen-bond donors (Lipinski definition) is 1. The molecule has 6 nitrogen and oxygen atoms in total. The highest BCUT2D eigenvalue weighted by atomic mass is 79.9. The van der Waals surface area contributed by atoms with Gasteiger partial charge in [0.25, 0.3) is 11.6 Å². The SMILES string of the molecule is Cc1ccc(Br)cc1NC(=O)c1ccc(N2CCCC2)c([N+](=O)[O-])c1. The van der Waals surface area contributed by atoms with Crippen LogP contribution in [-0.2, 0) is 0 Å². The van der Waals surface area contributed by atoms with E-state index in [0.29, 0.717) is 11.4 Å². The molecule has 2 aromatic carbocycles. The fourth-order valence-electron chi connectivity index (χ4n) is 2.96. The van der Waals surface area contributed by atoms with E-state index in [2.05, 4.69) is 21.2 Å². The summed E-state index contributed by atoms with van der Waals surface area (Å²) in [6, 6.07) is 10.3. The van der Waals surface area contributed by atoms with Crippen molar-refractivity contribution >= 4 is 38.9 Å². The van der Waals surface area contributed by atoms with Crippen LogP contribution in [0.15, 0.2) is 40.9 Å². The molecule has 130 valence electrons. The summed E-state index contributed by atoms with van der Waals surface area (Å²) in [6.45, 7) is 3.51. The number of nitro benzene ring substituents is 1. The molecule has 1 aliphatic rings. The molecule has 2 aromatic rings. The smallest absolute Gasteiger partial charge is 0.293 e. The summed E-state index contributed by atoms with van der Waals surface area (Å²) in [5.41, 5.74) is 2.41. The molecular weight excluding hydrogens is 386 g/mol. The highest BCUT2D eigenvalue weighted by Gasteiger charge is 2.24. The first-order chi connectivity index (χ1) is 12.0. The van der Waals surface area contributed by atoms with E-state index in [4.69, 9.17) is 0 Å². The molecule has 0 spiro atoms. The number of halogens is 1. The molecule has 7 heteroatoms. The van der Waals surface area contributed by atoms with Gasteiger partial charge in [0.1, 0.15) is 5.69 Å². The van der Waals surface area contributed by atoms with Crippen LogP contribution in [0.2, 0.25) is 0 Å². The van der Waals surface area contributed by atoms with Gasteiger partial charge in [0.2, 0.25) is 0 Å². The quantitative estimate of drug-likeness (QED) is 0.601. The van der Waals surface area contributed by atoms with Crippen molar-refractivity contribution in [2.24, 2.45) is 0 Å². The van der Waals surface area contributed by atoms with E-state index < -0.39 is 4.92 Å². The molecule has 0 aromatic heterocycles. The van der Waals surface area contributed by atoms with Gasteiger partial charge in [-0.1, -0.05) is 22.0 Å². The number of benzene rings is 2. The predicted molar refractivity (Wildman–Crippen MR) is 101 cm³/mol. The zero-order chi connectivity index (χ0) is 18.0. The second-order valence-corrected chi connectivity index (χ2v) is 6.98. The Hall–Kier alpha value is -2.41. The Kier molecular flexibility index (Phi) is 5.03. The minimum Gasteiger partial charge on any atom is -0.366 e. The lowest BCUT2D eigenvalue weighted by Crippen LogP contribution is -2.20. The lowest BCUT2D eigenvalue weighted by Gasteiger charge is -2.18. The van der Waals surface area contributed by atoms with Gasteiger partial charge in [-0.05, 0) is 49.6 Å². The topological polar surface area (TPSA) is 75.5 Å². The summed E-state index contributed by atoms with van der Waals surface area (Å²) in [5, 5.41) is 14.3.